The lowest BCUT2D eigenvalue weighted by Crippen LogP contribution is -2.28. The molecule has 0 bridgehead atoms. The smallest absolute Gasteiger partial charge is 0.322 e. The molecule has 0 aliphatic rings. The van der Waals surface area contributed by atoms with Crippen LogP contribution in [0.5, 0.6) is 0 Å². The van der Waals surface area contributed by atoms with Crippen molar-refractivity contribution in [3.63, 3.8) is 0 Å². The van der Waals surface area contributed by atoms with E-state index >= 15 is 0 Å². The van der Waals surface area contributed by atoms with Gasteiger partial charge in [-0.2, -0.15) is 0 Å². The van der Waals surface area contributed by atoms with Crippen molar-refractivity contribution in [1.82, 2.24) is 0 Å². The van der Waals surface area contributed by atoms with Crippen LogP contribution < -0.4 is 0 Å². The fourth-order valence-electron chi connectivity index (χ4n) is 0.448. The summed E-state index contributed by atoms with van der Waals surface area (Å²) in [4.78, 5) is 9.95. The number of alkyl halides is 3. The normalized spacial score (nSPS) is 15.6. The highest BCUT2D eigenvalue weighted by Crippen LogP contribution is 2.13. The molecule has 0 fully saturated rings. The van der Waals surface area contributed by atoms with Crippen LogP contribution in [0.4, 0.5) is 4.39 Å². The summed E-state index contributed by atoms with van der Waals surface area (Å²) in [6.07, 6.45) is -1.24. The van der Waals surface area contributed by atoms with Crippen molar-refractivity contribution < 1.29 is 13.9 Å². The van der Waals surface area contributed by atoms with E-state index in [1.807, 2.05) is 0 Å². The number of halogens is 3. The Morgan fingerprint density at radius 1 is 1.73 bits per heavy atom. The van der Waals surface area contributed by atoms with E-state index in [-0.39, 0.29) is 11.9 Å². The van der Waals surface area contributed by atoms with Gasteiger partial charge < -0.3 is 4.74 Å². The van der Waals surface area contributed by atoms with Crippen LogP contribution in [0.1, 0.15) is 6.92 Å². The number of esters is 1. The lowest BCUT2D eigenvalue weighted by Gasteiger charge is -2.10. The summed E-state index contributed by atoms with van der Waals surface area (Å²) in [7, 11) is 0. The van der Waals surface area contributed by atoms with Crippen molar-refractivity contribution in [1.29, 1.82) is 0 Å². The molecule has 0 aromatic rings. The Labute approximate surface area is 81.7 Å². The molecule has 0 unspecified atom stereocenters. The zero-order valence-corrected chi connectivity index (χ0v) is 9.19. The molecule has 0 radical (unpaired) electrons. The summed E-state index contributed by atoms with van der Waals surface area (Å²) in [5.41, 5.74) is 0. The second-order valence-corrected chi connectivity index (χ2v) is 3.46. The molecule has 0 aliphatic carbocycles. The Morgan fingerprint density at radius 3 is 2.64 bits per heavy atom. The lowest BCUT2D eigenvalue weighted by molar-refractivity contribution is -0.143. The first-order chi connectivity index (χ1) is 5.13. The summed E-state index contributed by atoms with van der Waals surface area (Å²) in [5, 5.41) is 0.127. The van der Waals surface area contributed by atoms with Crippen LogP contribution >= 0.6 is 31.9 Å². The van der Waals surface area contributed by atoms with Crippen LogP contribution in [0.15, 0.2) is 0 Å². The van der Waals surface area contributed by atoms with Gasteiger partial charge in [-0.1, -0.05) is 31.9 Å². The van der Waals surface area contributed by atoms with Crippen LogP contribution in [-0.2, 0) is 9.53 Å². The first kappa shape index (κ1) is 11.4. The summed E-state index contributed by atoms with van der Waals surface area (Å²) in [6, 6.07) is 0. The molecule has 2 atom stereocenters. The molecule has 0 saturated heterocycles. The molecule has 5 heteroatoms. The highest BCUT2D eigenvalue weighted by molar-refractivity contribution is 9.10. The number of carbonyl (C=O) groups excluding carboxylic acids is 1. The van der Waals surface area contributed by atoms with Crippen molar-refractivity contribution in [2.75, 3.05) is 11.9 Å². The van der Waals surface area contributed by atoms with E-state index in [4.69, 9.17) is 0 Å². The summed E-state index contributed by atoms with van der Waals surface area (Å²) >= 11 is 5.81. The van der Waals surface area contributed by atoms with E-state index in [2.05, 4.69) is 36.6 Å². The molecular weight excluding hydrogens is 283 g/mol. The van der Waals surface area contributed by atoms with Gasteiger partial charge in [0.15, 0.2) is 0 Å². The van der Waals surface area contributed by atoms with Gasteiger partial charge in [-0.05, 0) is 6.92 Å². The standard InChI is InChI=1S/C6H9Br2FO2/c1-2-11-6(10)5(8)4(9)3-7/h4-5H,2-3H2,1H3/t4-,5-/m1/s1. The SMILES string of the molecule is CCOC(=O)[C@H](Br)[C@H](F)CBr. The highest BCUT2D eigenvalue weighted by Gasteiger charge is 2.25. The zero-order chi connectivity index (χ0) is 8.85. The summed E-state index contributed by atoms with van der Waals surface area (Å²) < 4.78 is 17.3. The van der Waals surface area contributed by atoms with Crippen LogP contribution in [0.3, 0.4) is 0 Å². The van der Waals surface area contributed by atoms with Gasteiger partial charge in [0.05, 0.1) is 6.61 Å². The topological polar surface area (TPSA) is 26.3 Å². The van der Waals surface area contributed by atoms with E-state index in [9.17, 15) is 9.18 Å². The van der Waals surface area contributed by atoms with Gasteiger partial charge in [0.2, 0.25) is 0 Å². The molecule has 0 aliphatic heterocycles. The second-order valence-electron chi connectivity index (χ2n) is 1.82. The predicted molar refractivity (Wildman–Crippen MR) is 48.0 cm³/mol. The van der Waals surface area contributed by atoms with Gasteiger partial charge in [0.25, 0.3) is 0 Å². The molecule has 0 amide bonds. The van der Waals surface area contributed by atoms with E-state index in [1.54, 1.807) is 6.92 Å². The van der Waals surface area contributed by atoms with Crippen LogP contribution in [0, 0.1) is 0 Å². The van der Waals surface area contributed by atoms with Gasteiger partial charge in [-0.25, -0.2) is 4.39 Å². The van der Waals surface area contributed by atoms with Crippen LogP contribution in [-0.4, -0.2) is 28.9 Å². The highest BCUT2D eigenvalue weighted by atomic mass is 79.9. The third kappa shape index (κ3) is 4.06. The maximum absolute atomic E-state index is 12.7. The van der Waals surface area contributed by atoms with Crippen molar-refractivity contribution >= 4 is 37.8 Å². The average molecular weight is 292 g/mol. The first-order valence-corrected chi connectivity index (χ1v) is 5.18. The molecule has 2 nitrogen and oxygen atoms in total. The maximum Gasteiger partial charge on any atom is 0.322 e. The minimum Gasteiger partial charge on any atom is -0.465 e. The molecule has 0 rings (SSSR count). The Morgan fingerprint density at radius 2 is 2.27 bits per heavy atom. The van der Waals surface area contributed by atoms with Crippen molar-refractivity contribution in [2.45, 2.75) is 17.9 Å². The van der Waals surface area contributed by atoms with E-state index in [1.165, 1.54) is 0 Å². The first-order valence-electron chi connectivity index (χ1n) is 3.14. The van der Waals surface area contributed by atoms with Crippen molar-refractivity contribution in [2.24, 2.45) is 0 Å². The fraction of sp³-hybridized carbons (Fsp3) is 0.833. The molecule has 0 spiro atoms. The number of hydrogen-bond acceptors (Lipinski definition) is 2. The maximum atomic E-state index is 12.7. The zero-order valence-electron chi connectivity index (χ0n) is 6.02. The molecule has 0 heterocycles. The van der Waals surface area contributed by atoms with Gasteiger partial charge in [0, 0.05) is 5.33 Å². The molecule has 66 valence electrons. The molecule has 0 aromatic carbocycles. The molecule has 0 aromatic heterocycles. The van der Waals surface area contributed by atoms with Crippen LogP contribution in [0.25, 0.3) is 0 Å². The number of carbonyl (C=O) groups is 1. The van der Waals surface area contributed by atoms with Gasteiger partial charge in [-0.15, -0.1) is 0 Å². The van der Waals surface area contributed by atoms with Gasteiger partial charge in [0.1, 0.15) is 11.0 Å². The van der Waals surface area contributed by atoms with Crippen LogP contribution in [0.2, 0.25) is 0 Å². The molecule has 0 N–H and O–H groups in total. The summed E-state index contributed by atoms with van der Waals surface area (Å²) in [5.74, 6) is -0.556. The van der Waals surface area contributed by atoms with E-state index in [0.717, 1.165) is 0 Å². The van der Waals surface area contributed by atoms with Crippen molar-refractivity contribution in [3.8, 4) is 0 Å². The number of hydrogen-bond donors (Lipinski definition) is 0. The summed E-state index contributed by atoms with van der Waals surface area (Å²) in [6.45, 7) is 1.95. The fourth-order valence-corrected chi connectivity index (χ4v) is 1.64. The minimum absolute atomic E-state index is 0.127. The molecular formula is C6H9Br2FO2. The predicted octanol–water partition coefficient (Wildman–Crippen LogP) is 2.05. The minimum atomic E-state index is -1.24. The quantitative estimate of drug-likeness (QED) is 0.585. The second kappa shape index (κ2) is 5.94. The Balaban J connectivity index is 3.80. The number of ether oxygens (including phenoxy) is 1. The lowest BCUT2D eigenvalue weighted by atomic mass is 10.3. The Kier molecular flexibility index (Phi) is 6.14. The van der Waals surface area contributed by atoms with E-state index < -0.39 is 17.0 Å². The Hall–Kier alpha value is 0.360. The monoisotopic (exact) mass is 290 g/mol. The molecule has 11 heavy (non-hydrogen) atoms. The third-order valence-electron chi connectivity index (χ3n) is 0.977. The molecule has 0 saturated carbocycles. The largest absolute Gasteiger partial charge is 0.465 e. The van der Waals surface area contributed by atoms with Gasteiger partial charge >= 0.3 is 5.97 Å². The van der Waals surface area contributed by atoms with E-state index in [0.29, 0.717) is 0 Å². The average Bonchev–Trinajstić information content (AvgIpc) is 2.02. The third-order valence-corrected chi connectivity index (χ3v) is 2.54. The van der Waals surface area contributed by atoms with Crippen molar-refractivity contribution in [3.05, 3.63) is 0 Å². The number of rotatable bonds is 4. The van der Waals surface area contributed by atoms with Gasteiger partial charge in [-0.3, -0.25) is 4.79 Å². The Bertz CT molecular complexity index is 132.